The second kappa shape index (κ2) is 8.31. The first-order chi connectivity index (χ1) is 15.1. The highest BCUT2D eigenvalue weighted by atomic mass is 35.5. The number of halogens is 1. The Labute approximate surface area is 187 Å². The Morgan fingerprint density at radius 1 is 1.13 bits per heavy atom. The van der Waals surface area contributed by atoms with E-state index in [4.69, 9.17) is 16.3 Å². The molecule has 2 saturated heterocycles. The second-order valence-corrected chi connectivity index (χ2v) is 8.92. The molecule has 1 aromatic carbocycles. The summed E-state index contributed by atoms with van der Waals surface area (Å²) in [5.41, 5.74) is 4.31. The van der Waals surface area contributed by atoms with Crippen LogP contribution in [-0.4, -0.2) is 38.5 Å². The smallest absolute Gasteiger partial charge is 0.213 e. The van der Waals surface area contributed by atoms with E-state index in [2.05, 4.69) is 51.6 Å². The molecule has 5 nitrogen and oxygen atoms in total. The molecule has 3 aromatic rings. The number of aryl methyl sites for hydroxylation is 1. The lowest BCUT2D eigenvalue weighted by atomic mass is 9.70. The van der Waals surface area contributed by atoms with Gasteiger partial charge in [-0.3, -0.25) is 0 Å². The average molecular weight is 433 g/mol. The number of piperidine rings is 2. The standard InChI is InChI=1S/C25H25ClN4O/c1-16-4-6-22(25-27-8-3-9-28-25)23(10-16)17(2)30-20-11-18(12-20)13-21(30)15-31-24-7-5-19(26)14-29-24/h3-10,14,18,20-21H,2,11-13,15H2,1H3. The van der Waals surface area contributed by atoms with Crippen LogP contribution in [-0.2, 0) is 0 Å². The number of pyridine rings is 1. The first-order valence-electron chi connectivity index (χ1n) is 10.7. The summed E-state index contributed by atoms with van der Waals surface area (Å²) < 4.78 is 6.05. The molecule has 0 N–H and O–H groups in total. The maximum atomic E-state index is 6.05. The van der Waals surface area contributed by atoms with E-state index in [0.717, 1.165) is 35.0 Å². The molecule has 1 aliphatic carbocycles. The predicted molar refractivity (Wildman–Crippen MR) is 123 cm³/mol. The van der Waals surface area contributed by atoms with E-state index in [1.165, 1.54) is 18.4 Å². The Morgan fingerprint density at radius 2 is 1.94 bits per heavy atom. The second-order valence-electron chi connectivity index (χ2n) is 8.48. The summed E-state index contributed by atoms with van der Waals surface area (Å²) in [6.45, 7) is 7.23. The molecular weight excluding hydrogens is 408 g/mol. The molecule has 6 heteroatoms. The van der Waals surface area contributed by atoms with Crippen LogP contribution in [0.3, 0.4) is 0 Å². The highest BCUT2D eigenvalue weighted by Gasteiger charge is 2.45. The minimum Gasteiger partial charge on any atom is -0.475 e. The van der Waals surface area contributed by atoms with Crippen molar-refractivity contribution in [3.8, 4) is 17.3 Å². The third-order valence-corrected chi connectivity index (χ3v) is 6.55. The van der Waals surface area contributed by atoms with Crippen molar-refractivity contribution in [3.63, 3.8) is 0 Å². The molecule has 1 atom stereocenters. The van der Waals surface area contributed by atoms with E-state index in [-0.39, 0.29) is 6.04 Å². The quantitative estimate of drug-likeness (QED) is 0.521. The van der Waals surface area contributed by atoms with Gasteiger partial charge in [-0.2, -0.15) is 0 Å². The minimum absolute atomic E-state index is 0.257. The van der Waals surface area contributed by atoms with Crippen molar-refractivity contribution in [3.05, 3.63) is 77.7 Å². The van der Waals surface area contributed by atoms with Gasteiger partial charge in [0.05, 0.1) is 11.1 Å². The molecule has 1 unspecified atom stereocenters. The lowest BCUT2D eigenvalue weighted by Crippen LogP contribution is -2.57. The summed E-state index contributed by atoms with van der Waals surface area (Å²) in [5.74, 6) is 2.10. The van der Waals surface area contributed by atoms with Gasteiger partial charge in [0.25, 0.3) is 0 Å². The molecular formula is C25H25ClN4O. The Kier molecular flexibility index (Phi) is 5.36. The van der Waals surface area contributed by atoms with Crippen LogP contribution in [0, 0.1) is 12.8 Å². The van der Waals surface area contributed by atoms with Crippen LogP contribution in [0.25, 0.3) is 17.1 Å². The molecule has 0 radical (unpaired) electrons. The molecule has 2 aromatic heterocycles. The zero-order valence-electron chi connectivity index (χ0n) is 17.5. The predicted octanol–water partition coefficient (Wildman–Crippen LogP) is 5.40. The number of nitrogens with zero attached hydrogens (tertiary/aromatic N) is 4. The lowest BCUT2D eigenvalue weighted by Gasteiger charge is -2.55. The summed E-state index contributed by atoms with van der Waals surface area (Å²) in [7, 11) is 0. The molecule has 2 aliphatic heterocycles. The van der Waals surface area contributed by atoms with Crippen molar-refractivity contribution in [2.24, 2.45) is 5.92 Å². The van der Waals surface area contributed by atoms with Crippen LogP contribution in [0.5, 0.6) is 5.88 Å². The van der Waals surface area contributed by atoms with Crippen LogP contribution in [0.4, 0.5) is 0 Å². The van der Waals surface area contributed by atoms with E-state index >= 15 is 0 Å². The number of rotatable bonds is 6. The maximum Gasteiger partial charge on any atom is 0.213 e. The summed E-state index contributed by atoms with van der Waals surface area (Å²) in [6.07, 6.45) is 8.72. The van der Waals surface area contributed by atoms with Crippen molar-refractivity contribution in [1.29, 1.82) is 0 Å². The van der Waals surface area contributed by atoms with Crippen LogP contribution in [0.1, 0.15) is 30.4 Å². The van der Waals surface area contributed by atoms with E-state index in [9.17, 15) is 0 Å². The van der Waals surface area contributed by atoms with Gasteiger partial charge in [-0.25, -0.2) is 15.0 Å². The number of benzene rings is 1. The summed E-state index contributed by atoms with van der Waals surface area (Å²) in [5, 5.41) is 0.608. The van der Waals surface area contributed by atoms with Gasteiger partial charge in [0.15, 0.2) is 5.82 Å². The summed E-state index contributed by atoms with van der Waals surface area (Å²) in [6, 6.07) is 12.6. The van der Waals surface area contributed by atoms with Crippen molar-refractivity contribution >= 4 is 17.3 Å². The van der Waals surface area contributed by atoms with Gasteiger partial charge in [-0.05, 0) is 50.3 Å². The average Bonchev–Trinajstić information content (AvgIpc) is 2.78. The summed E-state index contributed by atoms with van der Waals surface area (Å²) in [4.78, 5) is 15.7. The zero-order valence-corrected chi connectivity index (χ0v) is 18.3. The van der Waals surface area contributed by atoms with Gasteiger partial charge >= 0.3 is 0 Å². The normalized spacial score (nSPS) is 22.0. The monoisotopic (exact) mass is 432 g/mol. The van der Waals surface area contributed by atoms with Crippen molar-refractivity contribution in [1.82, 2.24) is 19.9 Å². The Bertz CT molecular complexity index is 1080. The molecule has 6 rings (SSSR count). The Balaban J connectivity index is 1.43. The molecule has 158 valence electrons. The fourth-order valence-corrected chi connectivity index (χ4v) is 4.92. The first-order valence-corrected chi connectivity index (χ1v) is 11.1. The zero-order chi connectivity index (χ0) is 21.4. The number of ether oxygens (including phenoxy) is 1. The molecule has 4 heterocycles. The van der Waals surface area contributed by atoms with Gasteiger partial charge in [0, 0.05) is 47.5 Å². The van der Waals surface area contributed by atoms with E-state index in [1.807, 2.05) is 12.1 Å². The third kappa shape index (κ3) is 4.02. The van der Waals surface area contributed by atoms with Crippen LogP contribution in [0.2, 0.25) is 5.02 Å². The van der Waals surface area contributed by atoms with Gasteiger partial charge in [0.1, 0.15) is 6.61 Å². The molecule has 2 bridgehead atoms. The molecule has 3 fully saturated rings. The van der Waals surface area contributed by atoms with E-state index in [1.54, 1.807) is 24.7 Å². The number of fused-ring (bicyclic) bond motifs is 2. The third-order valence-electron chi connectivity index (χ3n) is 6.33. The van der Waals surface area contributed by atoms with Crippen molar-refractivity contribution < 1.29 is 4.74 Å². The largest absolute Gasteiger partial charge is 0.475 e. The molecule has 3 aliphatic rings. The Hall–Kier alpha value is -2.92. The number of hydrogen-bond acceptors (Lipinski definition) is 5. The highest BCUT2D eigenvalue weighted by Crippen LogP contribution is 2.46. The van der Waals surface area contributed by atoms with Crippen LogP contribution in [0.15, 0.2) is 61.6 Å². The lowest BCUT2D eigenvalue weighted by molar-refractivity contribution is -0.00683. The Morgan fingerprint density at radius 3 is 2.68 bits per heavy atom. The van der Waals surface area contributed by atoms with Gasteiger partial charge in [-0.15, -0.1) is 0 Å². The molecule has 0 amide bonds. The van der Waals surface area contributed by atoms with Crippen LogP contribution < -0.4 is 4.74 Å². The van der Waals surface area contributed by atoms with E-state index < -0.39 is 0 Å². The molecule has 0 spiro atoms. The topological polar surface area (TPSA) is 51.1 Å². The fraction of sp³-hybridized carbons (Fsp3) is 0.320. The van der Waals surface area contributed by atoms with Crippen molar-refractivity contribution in [2.45, 2.75) is 38.3 Å². The van der Waals surface area contributed by atoms with Crippen LogP contribution >= 0.6 is 11.6 Å². The molecule has 1 saturated carbocycles. The fourth-order valence-electron chi connectivity index (χ4n) is 4.80. The summed E-state index contributed by atoms with van der Waals surface area (Å²) >= 11 is 5.95. The van der Waals surface area contributed by atoms with Gasteiger partial charge in [-0.1, -0.05) is 35.9 Å². The SMILES string of the molecule is C=C(c1cc(C)ccc1-c1ncccn1)N1C(COc2ccc(Cl)cn2)CC2CC1C2. The first kappa shape index (κ1) is 20.0. The van der Waals surface area contributed by atoms with Gasteiger partial charge in [0.2, 0.25) is 5.88 Å². The minimum atomic E-state index is 0.257. The van der Waals surface area contributed by atoms with E-state index in [0.29, 0.717) is 23.6 Å². The number of aromatic nitrogens is 3. The van der Waals surface area contributed by atoms with Crippen molar-refractivity contribution in [2.75, 3.05) is 6.61 Å². The molecule has 31 heavy (non-hydrogen) atoms. The maximum absolute atomic E-state index is 6.05. The highest BCUT2D eigenvalue weighted by molar-refractivity contribution is 6.30. The van der Waals surface area contributed by atoms with Gasteiger partial charge < -0.3 is 9.64 Å². The number of hydrogen-bond donors (Lipinski definition) is 0.